The topological polar surface area (TPSA) is 28.7 Å². The van der Waals surface area contributed by atoms with Gasteiger partial charge in [-0.3, -0.25) is 0 Å². The first-order valence-electron chi connectivity index (χ1n) is 4.66. The summed E-state index contributed by atoms with van der Waals surface area (Å²) in [6, 6.07) is 0. The number of nitrogens with one attached hydrogen (secondary N) is 1. The van der Waals surface area contributed by atoms with Gasteiger partial charge in [-0.05, 0) is 10.4 Å². The SMILES string of the molecule is S=c1[nH]cnc2sc3c(c12)CC[CH-]C3.[Rb+]. The number of aryl methyl sites for hydroxylation is 1. The van der Waals surface area contributed by atoms with Crippen LogP contribution in [0.3, 0.4) is 0 Å². The molecule has 0 radical (unpaired) electrons. The number of H-pyrrole nitrogens is 1. The summed E-state index contributed by atoms with van der Waals surface area (Å²) >= 11 is 7.08. The zero-order valence-electron chi connectivity index (χ0n) is 8.54. The van der Waals surface area contributed by atoms with Crippen LogP contribution in [0.2, 0.25) is 0 Å². The fourth-order valence-corrected chi connectivity index (χ4v) is 3.49. The Labute approximate surface area is 146 Å². The van der Waals surface area contributed by atoms with Crippen molar-refractivity contribution < 1.29 is 58.2 Å². The predicted octanol–water partition coefficient (Wildman–Crippen LogP) is 0.0509. The molecule has 2 aromatic rings. The molecular weight excluding hydrogens is 298 g/mol. The average molecular weight is 307 g/mol. The number of hydrogen-bond acceptors (Lipinski definition) is 3. The maximum absolute atomic E-state index is 5.29. The van der Waals surface area contributed by atoms with Gasteiger partial charge in [-0.2, -0.15) is 6.42 Å². The third kappa shape index (κ3) is 2.22. The van der Waals surface area contributed by atoms with E-state index in [1.165, 1.54) is 22.2 Å². The minimum Gasteiger partial charge on any atom is -0.337 e. The third-order valence-electron chi connectivity index (χ3n) is 2.60. The van der Waals surface area contributed by atoms with Crippen LogP contribution in [-0.2, 0) is 12.8 Å². The smallest absolute Gasteiger partial charge is 0.337 e. The van der Waals surface area contributed by atoms with Crippen molar-refractivity contribution in [3.8, 4) is 0 Å². The van der Waals surface area contributed by atoms with Gasteiger partial charge in [-0.1, -0.05) is 18.6 Å². The Morgan fingerprint density at radius 3 is 3.27 bits per heavy atom. The number of fused-ring (bicyclic) bond motifs is 3. The maximum atomic E-state index is 5.29. The van der Waals surface area contributed by atoms with Crippen molar-refractivity contribution in [3.63, 3.8) is 0 Å². The van der Waals surface area contributed by atoms with Crippen molar-refractivity contribution in [1.29, 1.82) is 0 Å². The Morgan fingerprint density at radius 2 is 2.40 bits per heavy atom. The van der Waals surface area contributed by atoms with E-state index in [9.17, 15) is 0 Å². The molecule has 0 spiro atoms. The zero-order chi connectivity index (χ0) is 9.54. The van der Waals surface area contributed by atoms with E-state index in [0.717, 1.165) is 22.3 Å². The number of thiophene rings is 1. The van der Waals surface area contributed by atoms with Crippen molar-refractivity contribution >= 4 is 33.8 Å². The van der Waals surface area contributed by atoms with Crippen LogP contribution in [0.1, 0.15) is 16.9 Å². The first-order chi connectivity index (χ1) is 6.86. The second kappa shape index (κ2) is 5.15. The minimum absolute atomic E-state index is 0. The van der Waals surface area contributed by atoms with Crippen molar-refractivity contribution in [2.45, 2.75) is 19.3 Å². The van der Waals surface area contributed by atoms with Gasteiger partial charge in [0.2, 0.25) is 0 Å². The van der Waals surface area contributed by atoms with E-state index in [1.807, 2.05) is 0 Å². The summed E-state index contributed by atoms with van der Waals surface area (Å²) in [6.07, 6.45) is 7.41. The quantitative estimate of drug-likeness (QED) is 0.550. The Kier molecular flexibility index (Phi) is 4.30. The van der Waals surface area contributed by atoms with Crippen LogP contribution in [0.25, 0.3) is 10.2 Å². The Hall–Kier alpha value is 1.07. The molecule has 0 aliphatic heterocycles. The van der Waals surface area contributed by atoms with Crippen molar-refractivity contribution in [2.75, 3.05) is 0 Å². The largest absolute Gasteiger partial charge is 1.00 e. The molecule has 0 saturated heterocycles. The zero-order valence-corrected chi connectivity index (χ0v) is 15.1. The second-order valence-electron chi connectivity index (χ2n) is 3.45. The normalized spacial score (nSPS) is 14.7. The average Bonchev–Trinajstić information content (AvgIpc) is 2.57. The van der Waals surface area contributed by atoms with Gasteiger partial charge in [0.05, 0.1) is 6.33 Å². The number of nitrogens with zero attached hydrogens (tertiary/aromatic N) is 1. The van der Waals surface area contributed by atoms with Crippen LogP contribution in [0, 0.1) is 11.1 Å². The van der Waals surface area contributed by atoms with Crippen LogP contribution in [-0.4, -0.2) is 9.97 Å². The van der Waals surface area contributed by atoms with Crippen LogP contribution in [0.5, 0.6) is 0 Å². The van der Waals surface area contributed by atoms with E-state index in [0.29, 0.717) is 0 Å². The van der Waals surface area contributed by atoms with Crippen LogP contribution < -0.4 is 58.2 Å². The number of aromatic amines is 1. The molecule has 0 unspecified atom stereocenters. The number of rotatable bonds is 0. The summed E-state index contributed by atoms with van der Waals surface area (Å²) in [4.78, 5) is 9.88. The van der Waals surface area contributed by atoms with Gasteiger partial charge in [0, 0.05) is 5.39 Å². The van der Waals surface area contributed by atoms with E-state index < -0.39 is 0 Å². The number of aromatic nitrogens is 2. The summed E-state index contributed by atoms with van der Waals surface area (Å²) < 4.78 is 0.842. The molecule has 0 aromatic carbocycles. The van der Waals surface area contributed by atoms with Crippen molar-refractivity contribution in [3.05, 3.63) is 27.8 Å². The first-order valence-corrected chi connectivity index (χ1v) is 5.88. The molecule has 2 nitrogen and oxygen atoms in total. The van der Waals surface area contributed by atoms with E-state index in [2.05, 4.69) is 16.4 Å². The van der Waals surface area contributed by atoms with Gasteiger partial charge in [0.25, 0.3) is 0 Å². The molecule has 2 heterocycles. The van der Waals surface area contributed by atoms with Gasteiger partial charge in [-0.15, -0.1) is 17.8 Å². The Morgan fingerprint density at radius 1 is 1.53 bits per heavy atom. The molecule has 1 aliphatic carbocycles. The summed E-state index contributed by atoms with van der Waals surface area (Å²) in [7, 11) is 0. The van der Waals surface area contributed by atoms with Gasteiger partial charge in [0.1, 0.15) is 9.47 Å². The monoisotopic (exact) mass is 306 g/mol. The second-order valence-corrected chi connectivity index (χ2v) is 4.94. The molecule has 0 atom stereocenters. The van der Waals surface area contributed by atoms with E-state index in [1.54, 1.807) is 17.7 Å². The van der Waals surface area contributed by atoms with Crippen LogP contribution in [0.15, 0.2) is 6.33 Å². The van der Waals surface area contributed by atoms with Gasteiger partial charge in [-0.25, -0.2) is 4.98 Å². The molecule has 0 fully saturated rings. The fraction of sp³-hybridized carbons (Fsp3) is 0.300. The Bertz CT molecular complexity index is 544. The summed E-state index contributed by atoms with van der Waals surface area (Å²) in [5.41, 5.74) is 1.43. The molecule has 5 heteroatoms. The summed E-state index contributed by atoms with van der Waals surface area (Å²) in [6.45, 7) is 0. The minimum atomic E-state index is 0. The van der Waals surface area contributed by atoms with Gasteiger partial charge >= 0.3 is 58.2 Å². The molecule has 1 aliphatic rings. The molecular formula is C10H9N2RbS2. The molecule has 0 saturated carbocycles. The van der Waals surface area contributed by atoms with Gasteiger partial charge in [0.15, 0.2) is 0 Å². The molecule has 0 bridgehead atoms. The standard InChI is InChI=1S/C10H9N2S2.Rb/c13-9-8-6-3-1-2-4-7(6)14-10(8)12-5-11-9;/h2,5H,1,3-4H2,(H,11,12,13);/q-1;+1. The molecule has 0 amide bonds. The Balaban J connectivity index is 0.000000853. The first kappa shape index (κ1) is 12.5. The summed E-state index contributed by atoms with van der Waals surface area (Å²) in [5, 5.41) is 1.19. The van der Waals surface area contributed by atoms with E-state index in [-0.39, 0.29) is 58.2 Å². The van der Waals surface area contributed by atoms with Gasteiger partial charge < -0.3 is 11.4 Å². The van der Waals surface area contributed by atoms with Crippen LogP contribution >= 0.6 is 23.6 Å². The maximum Gasteiger partial charge on any atom is 1.00 e. The van der Waals surface area contributed by atoms with Crippen LogP contribution in [0.4, 0.5) is 0 Å². The van der Waals surface area contributed by atoms with Crippen molar-refractivity contribution in [2.24, 2.45) is 0 Å². The molecule has 3 rings (SSSR count). The van der Waals surface area contributed by atoms with E-state index in [4.69, 9.17) is 12.2 Å². The molecule has 15 heavy (non-hydrogen) atoms. The molecule has 2 aromatic heterocycles. The predicted molar refractivity (Wildman–Crippen MR) is 61.1 cm³/mol. The fourth-order valence-electron chi connectivity index (χ4n) is 1.95. The van der Waals surface area contributed by atoms with Crippen molar-refractivity contribution in [1.82, 2.24) is 9.97 Å². The third-order valence-corrected chi connectivity index (χ3v) is 4.09. The summed E-state index contributed by atoms with van der Waals surface area (Å²) in [5.74, 6) is 0. The van der Waals surface area contributed by atoms with E-state index >= 15 is 0 Å². The molecule has 72 valence electrons. The number of hydrogen-bond donors (Lipinski definition) is 1. The molecule has 1 N–H and O–H groups in total.